The number of benzene rings is 1. The fourth-order valence-electron chi connectivity index (χ4n) is 2.10. The van der Waals surface area contributed by atoms with Crippen molar-refractivity contribution in [3.63, 3.8) is 0 Å². The molecule has 1 aliphatic rings. The summed E-state index contributed by atoms with van der Waals surface area (Å²) in [5.74, 6) is 0.989. The number of ether oxygens (including phenoxy) is 1. The van der Waals surface area contributed by atoms with Gasteiger partial charge in [0.25, 0.3) is 0 Å². The second kappa shape index (κ2) is 4.18. The normalized spacial score (nSPS) is 19.8. The zero-order valence-electron chi connectivity index (χ0n) is 12.4. The molecule has 100 valence electrons. The second-order valence-electron chi connectivity index (χ2n) is 7.33. The van der Waals surface area contributed by atoms with Crippen molar-refractivity contribution in [2.75, 3.05) is 11.9 Å². The van der Waals surface area contributed by atoms with Gasteiger partial charge in [0.1, 0.15) is 12.4 Å². The van der Waals surface area contributed by atoms with Crippen molar-refractivity contribution in [1.29, 1.82) is 0 Å². The van der Waals surface area contributed by atoms with E-state index in [1.165, 1.54) is 5.56 Å². The van der Waals surface area contributed by atoms with Crippen LogP contribution in [0.25, 0.3) is 0 Å². The second-order valence-corrected chi connectivity index (χ2v) is 7.33. The van der Waals surface area contributed by atoms with Gasteiger partial charge >= 0.3 is 0 Å². The Balaban J connectivity index is 2.27. The molecule has 1 aromatic carbocycles. The van der Waals surface area contributed by atoms with E-state index in [2.05, 4.69) is 65.1 Å². The Morgan fingerprint density at radius 2 is 1.78 bits per heavy atom. The Labute approximate surface area is 111 Å². The van der Waals surface area contributed by atoms with Crippen LogP contribution in [0.4, 0.5) is 5.69 Å². The molecule has 0 aromatic heterocycles. The topological polar surface area (TPSA) is 21.3 Å². The summed E-state index contributed by atoms with van der Waals surface area (Å²) in [6.07, 6.45) is 0. The van der Waals surface area contributed by atoms with Crippen LogP contribution >= 0.6 is 0 Å². The van der Waals surface area contributed by atoms with Crippen molar-refractivity contribution in [2.24, 2.45) is 5.41 Å². The summed E-state index contributed by atoms with van der Waals surface area (Å²) in [5, 5.41) is 3.59. The van der Waals surface area contributed by atoms with Crippen LogP contribution in [0.5, 0.6) is 5.75 Å². The van der Waals surface area contributed by atoms with Gasteiger partial charge in [0, 0.05) is 0 Å². The van der Waals surface area contributed by atoms with Crippen LogP contribution in [-0.2, 0) is 5.41 Å². The third-order valence-corrected chi connectivity index (χ3v) is 3.63. The van der Waals surface area contributed by atoms with E-state index in [0.29, 0.717) is 6.04 Å². The number of nitrogens with one attached hydrogen (secondary N) is 1. The average molecular weight is 247 g/mol. The number of rotatable bonds is 0. The van der Waals surface area contributed by atoms with E-state index in [0.717, 1.165) is 18.0 Å². The van der Waals surface area contributed by atoms with Gasteiger partial charge in [-0.2, -0.15) is 0 Å². The third-order valence-electron chi connectivity index (χ3n) is 3.63. The first-order valence-corrected chi connectivity index (χ1v) is 6.72. The quantitative estimate of drug-likeness (QED) is 0.741. The fourth-order valence-corrected chi connectivity index (χ4v) is 2.10. The summed E-state index contributed by atoms with van der Waals surface area (Å²) in [6.45, 7) is 14.1. The molecule has 0 bridgehead atoms. The van der Waals surface area contributed by atoms with Crippen LogP contribution in [0, 0.1) is 5.41 Å². The Morgan fingerprint density at radius 1 is 1.11 bits per heavy atom. The minimum absolute atomic E-state index is 0.166. The Bertz CT molecular complexity index is 437. The molecular weight excluding hydrogens is 222 g/mol. The van der Waals surface area contributed by atoms with Gasteiger partial charge in [-0.05, 0) is 28.5 Å². The van der Waals surface area contributed by atoms with Gasteiger partial charge in [0.15, 0.2) is 0 Å². The lowest BCUT2D eigenvalue weighted by atomic mass is 9.85. The molecule has 1 atom stereocenters. The highest BCUT2D eigenvalue weighted by Crippen LogP contribution is 2.37. The molecule has 1 aromatic rings. The molecule has 1 heterocycles. The van der Waals surface area contributed by atoms with Gasteiger partial charge < -0.3 is 10.1 Å². The van der Waals surface area contributed by atoms with Crippen LogP contribution in [0.1, 0.15) is 47.1 Å². The Hall–Kier alpha value is -1.18. The average Bonchev–Trinajstić information content (AvgIpc) is 2.25. The molecule has 1 unspecified atom stereocenters. The van der Waals surface area contributed by atoms with Crippen LogP contribution in [0.3, 0.4) is 0 Å². The minimum atomic E-state index is 0.166. The maximum absolute atomic E-state index is 5.94. The highest BCUT2D eigenvalue weighted by atomic mass is 16.5. The lowest BCUT2D eigenvalue weighted by Crippen LogP contribution is -2.41. The lowest BCUT2D eigenvalue weighted by molar-refractivity contribution is 0.206. The molecule has 18 heavy (non-hydrogen) atoms. The minimum Gasteiger partial charge on any atom is -0.489 e. The molecule has 0 aliphatic carbocycles. The molecule has 0 spiro atoms. The zero-order chi connectivity index (χ0) is 13.6. The maximum Gasteiger partial charge on any atom is 0.142 e. The molecule has 2 heteroatoms. The molecule has 0 fully saturated rings. The first kappa shape index (κ1) is 13.3. The summed E-state index contributed by atoms with van der Waals surface area (Å²) in [7, 11) is 0. The van der Waals surface area contributed by atoms with Gasteiger partial charge in [-0.25, -0.2) is 0 Å². The van der Waals surface area contributed by atoms with E-state index in [4.69, 9.17) is 4.74 Å². The van der Waals surface area contributed by atoms with E-state index < -0.39 is 0 Å². The van der Waals surface area contributed by atoms with Crippen LogP contribution in [0.2, 0.25) is 0 Å². The molecule has 0 amide bonds. The summed E-state index contributed by atoms with van der Waals surface area (Å²) in [5.41, 5.74) is 2.81. The van der Waals surface area contributed by atoms with Crippen LogP contribution in [-0.4, -0.2) is 12.6 Å². The fraction of sp³-hybridized carbons (Fsp3) is 0.625. The van der Waals surface area contributed by atoms with Gasteiger partial charge in [-0.3, -0.25) is 0 Å². The van der Waals surface area contributed by atoms with Crippen molar-refractivity contribution >= 4 is 5.69 Å². The summed E-state index contributed by atoms with van der Waals surface area (Å²) >= 11 is 0. The molecular formula is C16H25NO. The molecule has 2 rings (SSSR count). The van der Waals surface area contributed by atoms with Gasteiger partial charge in [0.2, 0.25) is 0 Å². The number of fused-ring (bicyclic) bond motifs is 1. The number of hydrogen-bond acceptors (Lipinski definition) is 2. The van der Waals surface area contributed by atoms with E-state index >= 15 is 0 Å². The van der Waals surface area contributed by atoms with E-state index in [-0.39, 0.29) is 10.8 Å². The number of hydrogen-bond donors (Lipinski definition) is 1. The Kier molecular flexibility index (Phi) is 3.08. The van der Waals surface area contributed by atoms with E-state index in [1.54, 1.807) is 0 Å². The predicted octanol–water partition coefficient (Wildman–Crippen LogP) is 4.20. The van der Waals surface area contributed by atoms with Gasteiger partial charge in [-0.1, -0.05) is 47.6 Å². The highest BCUT2D eigenvalue weighted by molar-refractivity contribution is 5.60. The summed E-state index contributed by atoms with van der Waals surface area (Å²) < 4.78 is 5.94. The first-order chi connectivity index (χ1) is 8.18. The molecule has 2 nitrogen and oxygen atoms in total. The SMILES string of the molecule is CC(C)(C)c1ccc2c(c1)OCC(C(C)(C)C)N2. The summed E-state index contributed by atoms with van der Waals surface area (Å²) in [4.78, 5) is 0. The standard InChI is InChI=1S/C16H25NO/c1-15(2,3)11-7-8-12-13(9-11)18-10-14(17-12)16(4,5)6/h7-9,14,17H,10H2,1-6H3. The number of anilines is 1. The van der Waals surface area contributed by atoms with Crippen molar-refractivity contribution in [3.05, 3.63) is 23.8 Å². The van der Waals surface area contributed by atoms with E-state index in [1.807, 2.05) is 0 Å². The van der Waals surface area contributed by atoms with Crippen molar-refractivity contribution in [1.82, 2.24) is 0 Å². The van der Waals surface area contributed by atoms with Gasteiger partial charge in [0.05, 0.1) is 11.7 Å². The van der Waals surface area contributed by atoms with E-state index in [9.17, 15) is 0 Å². The Morgan fingerprint density at radius 3 is 2.33 bits per heavy atom. The third kappa shape index (κ3) is 2.63. The molecule has 0 saturated heterocycles. The van der Waals surface area contributed by atoms with Crippen LogP contribution in [0.15, 0.2) is 18.2 Å². The highest BCUT2D eigenvalue weighted by Gasteiger charge is 2.29. The lowest BCUT2D eigenvalue weighted by Gasteiger charge is -2.36. The largest absolute Gasteiger partial charge is 0.489 e. The van der Waals surface area contributed by atoms with Crippen LogP contribution < -0.4 is 10.1 Å². The molecule has 0 saturated carbocycles. The first-order valence-electron chi connectivity index (χ1n) is 6.72. The molecule has 1 N–H and O–H groups in total. The monoisotopic (exact) mass is 247 g/mol. The summed E-state index contributed by atoms with van der Waals surface area (Å²) in [6, 6.07) is 6.88. The maximum atomic E-state index is 5.94. The van der Waals surface area contributed by atoms with Crippen molar-refractivity contribution in [2.45, 2.75) is 53.0 Å². The molecule has 0 radical (unpaired) electrons. The molecule has 1 aliphatic heterocycles. The van der Waals surface area contributed by atoms with Crippen molar-refractivity contribution in [3.8, 4) is 5.75 Å². The zero-order valence-corrected chi connectivity index (χ0v) is 12.4. The van der Waals surface area contributed by atoms with Gasteiger partial charge in [-0.15, -0.1) is 0 Å². The predicted molar refractivity (Wildman–Crippen MR) is 77.5 cm³/mol. The smallest absolute Gasteiger partial charge is 0.142 e. The van der Waals surface area contributed by atoms with Crippen molar-refractivity contribution < 1.29 is 4.74 Å².